The van der Waals surface area contributed by atoms with E-state index >= 15 is 0 Å². The van der Waals surface area contributed by atoms with E-state index in [1.807, 2.05) is 44.2 Å². The molecule has 0 aromatic heterocycles. The quantitative estimate of drug-likeness (QED) is 0.771. The predicted octanol–water partition coefficient (Wildman–Crippen LogP) is 2.95. The van der Waals surface area contributed by atoms with E-state index in [0.717, 1.165) is 12.1 Å². The Balaban J connectivity index is 0.000000494. The molecule has 102 valence electrons. The largest absolute Gasteiger partial charge is 0.461 e. The molecular formula is C15H25NO2. The summed E-state index contributed by atoms with van der Waals surface area (Å²) in [5, 5.41) is 0. The van der Waals surface area contributed by atoms with Crippen LogP contribution in [0.3, 0.4) is 0 Å². The minimum absolute atomic E-state index is 0.0521. The molecule has 0 heterocycles. The van der Waals surface area contributed by atoms with Crippen LogP contribution in [0.2, 0.25) is 0 Å². The van der Waals surface area contributed by atoms with Crippen LogP contribution in [-0.4, -0.2) is 31.5 Å². The van der Waals surface area contributed by atoms with Crippen molar-refractivity contribution in [2.24, 2.45) is 5.92 Å². The number of hydrogen-bond donors (Lipinski definition) is 0. The van der Waals surface area contributed by atoms with E-state index in [9.17, 15) is 4.79 Å². The summed E-state index contributed by atoms with van der Waals surface area (Å²) in [4.78, 5) is 13.2. The molecule has 0 saturated heterocycles. The maximum atomic E-state index is 11.1. The molecule has 0 atom stereocenters. The minimum atomic E-state index is -0.149. The van der Waals surface area contributed by atoms with E-state index in [0.29, 0.717) is 6.61 Å². The highest BCUT2D eigenvalue weighted by Gasteiger charge is 2.07. The molecule has 0 aliphatic rings. The molecule has 0 aliphatic carbocycles. The molecule has 0 bridgehead atoms. The number of carbonyl (C=O) groups is 1. The molecule has 0 spiro atoms. The Morgan fingerprint density at radius 2 is 1.72 bits per heavy atom. The molecule has 0 radical (unpaired) electrons. The highest BCUT2D eigenvalue weighted by Crippen LogP contribution is 2.03. The van der Waals surface area contributed by atoms with Gasteiger partial charge in [0, 0.05) is 0 Å². The first-order valence-electron chi connectivity index (χ1n) is 6.32. The molecule has 1 rings (SSSR count). The topological polar surface area (TPSA) is 29.5 Å². The van der Waals surface area contributed by atoms with Gasteiger partial charge >= 0.3 is 5.97 Å². The number of hydrogen-bond acceptors (Lipinski definition) is 3. The lowest BCUT2D eigenvalue weighted by Gasteiger charge is -2.06. The van der Waals surface area contributed by atoms with Crippen LogP contribution in [0.1, 0.15) is 26.3 Å². The van der Waals surface area contributed by atoms with Crippen LogP contribution in [0.15, 0.2) is 30.3 Å². The van der Waals surface area contributed by atoms with E-state index in [1.165, 1.54) is 0 Å². The van der Waals surface area contributed by atoms with Crippen LogP contribution >= 0.6 is 0 Å². The van der Waals surface area contributed by atoms with Crippen molar-refractivity contribution in [3.05, 3.63) is 35.9 Å². The summed E-state index contributed by atoms with van der Waals surface area (Å²) in [6, 6.07) is 9.67. The van der Waals surface area contributed by atoms with Gasteiger partial charge in [-0.2, -0.15) is 0 Å². The summed E-state index contributed by atoms with van der Waals surface area (Å²) < 4.78 is 5.05. The fourth-order valence-electron chi connectivity index (χ4n) is 0.895. The van der Waals surface area contributed by atoms with Crippen LogP contribution in [0.4, 0.5) is 0 Å². The second kappa shape index (κ2) is 9.66. The SMILES string of the molecule is CC(C)C(=O)OCc1ccccc1.CCN(C)C. The second-order valence-electron chi connectivity index (χ2n) is 4.64. The van der Waals surface area contributed by atoms with Crippen LogP contribution < -0.4 is 0 Å². The molecule has 0 saturated carbocycles. The van der Waals surface area contributed by atoms with Gasteiger partial charge in [-0.1, -0.05) is 51.1 Å². The number of esters is 1. The van der Waals surface area contributed by atoms with Crippen molar-refractivity contribution < 1.29 is 9.53 Å². The van der Waals surface area contributed by atoms with Gasteiger partial charge in [0.1, 0.15) is 6.61 Å². The van der Waals surface area contributed by atoms with Gasteiger partial charge < -0.3 is 9.64 Å². The van der Waals surface area contributed by atoms with Gasteiger partial charge in [-0.05, 0) is 26.2 Å². The fourth-order valence-corrected chi connectivity index (χ4v) is 0.895. The minimum Gasteiger partial charge on any atom is -0.461 e. The van der Waals surface area contributed by atoms with Gasteiger partial charge in [0.15, 0.2) is 0 Å². The van der Waals surface area contributed by atoms with Crippen molar-refractivity contribution in [3.8, 4) is 0 Å². The van der Waals surface area contributed by atoms with Crippen LogP contribution in [-0.2, 0) is 16.1 Å². The summed E-state index contributed by atoms with van der Waals surface area (Å²) in [6.07, 6.45) is 0. The standard InChI is InChI=1S/C11H14O2.C4H11N/c1-9(2)11(12)13-8-10-6-4-3-5-7-10;1-4-5(2)3/h3-7,9H,8H2,1-2H3;4H2,1-3H3. The van der Waals surface area contributed by atoms with Crippen molar-refractivity contribution >= 4 is 5.97 Å². The van der Waals surface area contributed by atoms with Gasteiger partial charge in [-0.15, -0.1) is 0 Å². The number of nitrogens with zero attached hydrogens (tertiary/aromatic N) is 1. The van der Waals surface area contributed by atoms with Gasteiger partial charge in [0.05, 0.1) is 5.92 Å². The molecule has 1 aromatic carbocycles. The number of rotatable bonds is 4. The lowest BCUT2D eigenvalue weighted by molar-refractivity contribution is -0.148. The van der Waals surface area contributed by atoms with Gasteiger partial charge in [-0.25, -0.2) is 0 Å². The molecule has 18 heavy (non-hydrogen) atoms. The highest BCUT2D eigenvalue weighted by molar-refractivity contribution is 5.71. The second-order valence-corrected chi connectivity index (χ2v) is 4.64. The van der Waals surface area contributed by atoms with Crippen LogP contribution in [0.25, 0.3) is 0 Å². The summed E-state index contributed by atoms with van der Waals surface area (Å²) >= 11 is 0. The summed E-state index contributed by atoms with van der Waals surface area (Å²) in [7, 11) is 4.11. The number of ether oxygens (including phenoxy) is 1. The fraction of sp³-hybridized carbons (Fsp3) is 0.533. The molecule has 0 amide bonds. The maximum absolute atomic E-state index is 11.1. The molecular weight excluding hydrogens is 226 g/mol. The first kappa shape index (κ1) is 16.6. The zero-order chi connectivity index (χ0) is 14.0. The molecule has 0 aliphatic heterocycles. The Hall–Kier alpha value is -1.35. The molecule has 0 unspecified atom stereocenters. The number of benzene rings is 1. The molecule has 3 nitrogen and oxygen atoms in total. The summed E-state index contributed by atoms with van der Waals surface area (Å²) in [6.45, 7) is 7.29. The van der Waals surface area contributed by atoms with Crippen molar-refractivity contribution in [1.29, 1.82) is 0 Å². The first-order valence-corrected chi connectivity index (χ1v) is 6.32. The maximum Gasteiger partial charge on any atom is 0.308 e. The van der Waals surface area contributed by atoms with Crippen molar-refractivity contribution in [1.82, 2.24) is 4.90 Å². The lowest BCUT2D eigenvalue weighted by atomic mass is 10.2. The average Bonchev–Trinajstić information content (AvgIpc) is 2.37. The van der Waals surface area contributed by atoms with Crippen LogP contribution in [0, 0.1) is 5.92 Å². The zero-order valence-electron chi connectivity index (χ0n) is 12.1. The monoisotopic (exact) mass is 251 g/mol. The van der Waals surface area contributed by atoms with E-state index < -0.39 is 0 Å². The smallest absolute Gasteiger partial charge is 0.308 e. The Morgan fingerprint density at radius 3 is 2.11 bits per heavy atom. The van der Waals surface area contributed by atoms with Crippen molar-refractivity contribution in [2.45, 2.75) is 27.4 Å². The zero-order valence-corrected chi connectivity index (χ0v) is 12.1. The van der Waals surface area contributed by atoms with E-state index in [1.54, 1.807) is 0 Å². The van der Waals surface area contributed by atoms with E-state index in [4.69, 9.17) is 4.74 Å². The third-order valence-corrected chi connectivity index (χ3v) is 2.33. The van der Waals surface area contributed by atoms with E-state index in [-0.39, 0.29) is 11.9 Å². The third kappa shape index (κ3) is 8.76. The van der Waals surface area contributed by atoms with Gasteiger partial charge in [-0.3, -0.25) is 4.79 Å². The summed E-state index contributed by atoms with van der Waals surface area (Å²) in [5.74, 6) is -0.201. The highest BCUT2D eigenvalue weighted by atomic mass is 16.5. The Kier molecular flexibility index (Phi) is 8.93. The van der Waals surface area contributed by atoms with Crippen molar-refractivity contribution in [2.75, 3.05) is 20.6 Å². The molecule has 3 heteroatoms. The molecule has 0 N–H and O–H groups in total. The lowest BCUT2D eigenvalue weighted by Crippen LogP contribution is -2.11. The first-order chi connectivity index (χ1) is 8.47. The average molecular weight is 251 g/mol. The Bertz CT molecular complexity index is 321. The molecule has 0 fully saturated rings. The van der Waals surface area contributed by atoms with Crippen molar-refractivity contribution in [3.63, 3.8) is 0 Å². The summed E-state index contributed by atoms with van der Waals surface area (Å²) in [5.41, 5.74) is 1.02. The van der Waals surface area contributed by atoms with Gasteiger partial charge in [0.25, 0.3) is 0 Å². The molecule has 1 aromatic rings. The Labute approximate surface area is 111 Å². The normalized spacial score (nSPS) is 9.94. The third-order valence-electron chi connectivity index (χ3n) is 2.33. The number of carbonyl (C=O) groups excluding carboxylic acids is 1. The van der Waals surface area contributed by atoms with Gasteiger partial charge in [0.2, 0.25) is 0 Å². The van der Waals surface area contributed by atoms with Crippen LogP contribution in [0.5, 0.6) is 0 Å². The van der Waals surface area contributed by atoms with E-state index in [2.05, 4.69) is 25.9 Å². The Morgan fingerprint density at radius 1 is 1.22 bits per heavy atom. The predicted molar refractivity (Wildman–Crippen MR) is 75.3 cm³/mol.